The van der Waals surface area contributed by atoms with Gasteiger partial charge >= 0.3 is 0 Å². The molecular weight excluding hydrogens is 366 g/mol. The van der Waals surface area contributed by atoms with E-state index in [0.29, 0.717) is 17.9 Å². The summed E-state index contributed by atoms with van der Waals surface area (Å²) in [5, 5.41) is 6.23. The van der Waals surface area contributed by atoms with Gasteiger partial charge in [-0.25, -0.2) is 4.98 Å². The Hall–Kier alpha value is -1.77. The predicted octanol–water partition coefficient (Wildman–Crippen LogP) is 4.45. The number of rotatable bonds is 5. The Bertz CT molecular complexity index is 883. The van der Waals surface area contributed by atoms with Gasteiger partial charge in [0, 0.05) is 6.04 Å². The summed E-state index contributed by atoms with van der Waals surface area (Å²) >= 11 is 3.04. The van der Waals surface area contributed by atoms with Crippen LogP contribution in [0.25, 0.3) is 10.2 Å². The molecule has 1 aliphatic rings. The van der Waals surface area contributed by atoms with Crippen LogP contribution in [-0.2, 0) is 0 Å². The topological polar surface area (TPSA) is 63.2 Å². The van der Waals surface area contributed by atoms with Crippen LogP contribution in [-0.4, -0.2) is 45.5 Å². The van der Waals surface area contributed by atoms with Crippen LogP contribution in [0.4, 0.5) is 10.9 Å². The SMILES string of the molecule is Cc1cc(Nc2nc(O[C@H]3CC[C@H](N(C)C)CC3)c3sccc3n2)sn1. The Morgan fingerprint density at radius 3 is 2.69 bits per heavy atom. The Morgan fingerprint density at radius 2 is 2.00 bits per heavy atom. The van der Waals surface area contributed by atoms with E-state index in [9.17, 15) is 0 Å². The highest BCUT2D eigenvalue weighted by atomic mass is 32.1. The molecule has 1 aliphatic carbocycles. The zero-order valence-corrected chi connectivity index (χ0v) is 16.9. The summed E-state index contributed by atoms with van der Waals surface area (Å²) in [5.74, 6) is 1.26. The van der Waals surface area contributed by atoms with Gasteiger partial charge in [0.15, 0.2) is 0 Å². The molecule has 1 saturated carbocycles. The maximum Gasteiger partial charge on any atom is 0.236 e. The maximum absolute atomic E-state index is 6.33. The molecule has 138 valence electrons. The van der Waals surface area contributed by atoms with E-state index in [1.54, 1.807) is 11.3 Å². The third-order valence-corrected chi connectivity index (χ3v) is 6.48. The minimum absolute atomic E-state index is 0.227. The Balaban J connectivity index is 1.53. The standard InChI is InChI=1S/C18H23N5OS2/c1-11-10-15(26-22-11)20-18-19-14-8-9-25-16(14)17(21-18)24-13-6-4-12(5-7-13)23(2)3/h8-10,12-13H,4-7H2,1-3H3,(H,19,20,21)/t12-,13-. The summed E-state index contributed by atoms with van der Waals surface area (Å²) in [6.07, 6.45) is 4.70. The highest BCUT2D eigenvalue weighted by molar-refractivity contribution is 7.17. The van der Waals surface area contributed by atoms with E-state index in [0.717, 1.165) is 33.8 Å². The number of aryl methyl sites for hydroxylation is 1. The second-order valence-electron chi connectivity index (χ2n) is 6.96. The summed E-state index contributed by atoms with van der Waals surface area (Å²) in [6.45, 7) is 1.98. The van der Waals surface area contributed by atoms with Crippen molar-refractivity contribution in [3.63, 3.8) is 0 Å². The molecule has 0 atom stereocenters. The zero-order valence-electron chi connectivity index (χ0n) is 15.2. The molecule has 0 aromatic carbocycles. The molecule has 3 heterocycles. The zero-order chi connectivity index (χ0) is 18.1. The van der Waals surface area contributed by atoms with Gasteiger partial charge in [0.2, 0.25) is 11.8 Å². The van der Waals surface area contributed by atoms with Crippen LogP contribution in [0, 0.1) is 6.92 Å². The molecular formula is C18H23N5OS2. The molecule has 1 fully saturated rings. The monoisotopic (exact) mass is 389 g/mol. The molecule has 0 saturated heterocycles. The van der Waals surface area contributed by atoms with Crippen molar-refractivity contribution in [2.24, 2.45) is 0 Å². The van der Waals surface area contributed by atoms with E-state index in [1.807, 2.05) is 24.4 Å². The van der Waals surface area contributed by atoms with Crippen molar-refractivity contribution in [3.8, 4) is 5.88 Å². The molecule has 0 bridgehead atoms. The summed E-state index contributed by atoms with van der Waals surface area (Å²) < 4.78 is 11.6. The lowest BCUT2D eigenvalue weighted by atomic mass is 9.92. The minimum Gasteiger partial charge on any atom is -0.473 e. The predicted molar refractivity (Wildman–Crippen MR) is 108 cm³/mol. The van der Waals surface area contributed by atoms with E-state index in [2.05, 4.69) is 38.7 Å². The molecule has 0 aliphatic heterocycles. The first kappa shape index (κ1) is 17.6. The molecule has 0 amide bonds. The van der Waals surface area contributed by atoms with Crippen LogP contribution in [0.3, 0.4) is 0 Å². The van der Waals surface area contributed by atoms with E-state index in [4.69, 9.17) is 4.74 Å². The number of ether oxygens (including phenoxy) is 1. The highest BCUT2D eigenvalue weighted by Gasteiger charge is 2.25. The Morgan fingerprint density at radius 1 is 1.19 bits per heavy atom. The van der Waals surface area contributed by atoms with Crippen molar-refractivity contribution < 1.29 is 4.74 Å². The first-order valence-corrected chi connectivity index (χ1v) is 10.5. The lowest BCUT2D eigenvalue weighted by Gasteiger charge is -2.32. The molecule has 1 N–H and O–H groups in total. The molecule has 26 heavy (non-hydrogen) atoms. The van der Waals surface area contributed by atoms with E-state index in [1.165, 1.54) is 24.4 Å². The number of fused-ring (bicyclic) bond motifs is 1. The number of aromatic nitrogens is 3. The van der Waals surface area contributed by atoms with Gasteiger partial charge in [0.05, 0.1) is 11.2 Å². The van der Waals surface area contributed by atoms with Crippen LogP contribution in [0.15, 0.2) is 17.5 Å². The maximum atomic E-state index is 6.33. The average molecular weight is 390 g/mol. The van der Waals surface area contributed by atoms with Gasteiger partial charge in [-0.15, -0.1) is 11.3 Å². The van der Waals surface area contributed by atoms with Crippen LogP contribution in [0.2, 0.25) is 0 Å². The molecule has 3 aromatic rings. The summed E-state index contributed by atoms with van der Waals surface area (Å²) in [6, 6.07) is 4.67. The summed E-state index contributed by atoms with van der Waals surface area (Å²) in [5.41, 5.74) is 1.91. The van der Waals surface area contributed by atoms with Crippen LogP contribution in [0.1, 0.15) is 31.4 Å². The largest absolute Gasteiger partial charge is 0.473 e. The third kappa shape index (κ3) is 3.82. The van der Waals surface area contributed by atoms with Crippen LogP contribution < -0.4 is 10.1 Å². The van der Waals surface area contributed by atoms with E-state index >= 15 is 0 Å². The normalized spacial score (nSPS) is 20.6. The lowest BCUT2D eigenvalue weighted by molar-refractivity contribution is 0.109. The summed E-state index contributed by atoms with van der Waals surface area (Å²) in [4.78, 5) is 11.6. The second-order valence-corrected chi connectivity index (χ2v) is 8.68. The van der Waals surface area contributed by atoms with Crippen molar-refractivity contribution in [2.45, 2.75) is 44.8 Å². The number of hydrogen-bond donors (Lipinski definition) is 1. The molecule has 0 radical (unpaired) electrons. The molecule has 4 rings (SSSR count). The van der Waals surface area contributed by atoms with Gasteiger partial charge in [-0.3, -0.25) is 0 Å². The average Bonchev–Trinajstić information content (AvgIpc) is 3.24. The number of anilines is 2. The van der Waals surface area contributed by atoms with E-state index < -0.39 is 0 Å². The van der Waals surface area contributed by atoms with Crippen molar-refractivity contribution >= 4 is 44.0 Å². The van der Waals surface area contributed by atoms with Gasteiger partial charge in [0.1, 0.15) is 15.8 Å². The quantitative estimate of drug-likeness (QED) is 0.695. The Kier molecular flexibility index (Phi) is 5.06. The van der Waals surface area contributed by atoms with Crippen molar-refractivity contribution in [1.82, 2.24) is 19.2 Å². The molecule has 3 aromatic heterocycles. The van der Waals surface area contributed by atoms with Crippen LogP contribution >= 0.6 is 22.9 Å². The van der Waals surface area contributed by atoms with Crippen LogP contribution in [0.5, 0.6) is 5.88 Å². The lowest BCUT2D eigenvalue weighted by Crippen LogP contribution is -2.35. The van der Waals surface area contributed by atoms with Gasteiger partial charge in [-0.2, -0.15) is 9.36 Å². The number of hydrogen-bond acceptors (Lipinski definition) is 8. The van der Waals surface area contributed by atoms with E-state index in [-0.39, 0.29) is 6.10 Å². The first-order chi connectivity index (χ1) is 12.6. The van der Waals surface area contributed by atoms with Gasteiger partial charge in [0.25, 0.3) is 0 Å². The summed E-state index contributed by atoms with van der Waals surface area (Å²) in [7, 11) is 4.31. The van der Waals surface area contributed by atoms with Crippen molar-refractivity contribution in [1.29, 1.82) is 0 Å². The number of nitrogens with zero attached hydrogens (tertiary/aromatic N) is 4. The molecule has 8 heteroatoms. The van der Waals surface area contributed by atoms with Gasteiger partial charge in [-0.1, -0.05) is 0 Å². The number of nitrogens with one attached hydrogen (secondary N) is 1. The molecule has 6 nitrogen and oxygen atoms in total. The fraction of sp³-hybridized carbons (Fsp3) is 0.500. The first-order valence-electron chi connectivity index (χ1n) is 8.87. The van der Waals surface area contributed by atoms with Gasteiger partial charge in [-0.05, 0) is 75.7 Å². The van der Waals surface area contributed by atoms with Crippen molar-refractivity contribution in [2.75, 3.05) is 19.4 Å². The fourth-order valence-electron chi connectivity index (χ4n) is 3.34. The molecule has 0 unspecified atom stereocenters. The smallest absolute Gasteiger partial charge is 0.236 e. The second kappa shape index (κ2) is 7.46. The third-order valence-electron chi connectivity index (χ3n) is 4.79. The minimum atomic E-state index is 0.227. The fourth-order valence-corrected chi connectivity index (χ4v) is 4.76. The highest BCUT2D eigenvalue weighted by Crippen LogP contribution is 2.33. The van der Waals surface area contributed by atoms with Crippen molar-refractivity contribution in [3.05, 3.63) is 23.2 Å². The van der Waals surface area contributed by atoms with Gasteiger partial charge < -0.3 is 15.0 Å². The Labute approximate surface area is 161 Å². The molecule has 0 spiro atoms. The number of thiophene rings is 1.